The first kappa shape index (κ1) is 12.7. The maximum absolute atomic E-state index is 10.9. The lowest BCUT2D eigenvalue weighted by Crippen LogP contribution is -2.14. The molecule has 0 aromatic heterocycles. The summed E-state index contributed by atoms with van der Waals surface area (Å²) in [6.45, 7) is 2.58. The number of ether oxygens (including phenoxy) is 1. The van der Waals surface area contributed by atoms with Crippen molar-refractivity contribution < 1.29 is 14.6 Å². The van der Waals surface area contributed by atoms with Gasteiger partial charge < -0.3 is 9.84 Å². The summed E-state index contributed by atoms with van der Waals surface area (Å²) in [5.74, 6) is 0.356. The molecular formula is C15H18O3. The van der Waals surface area contributed by atoms with E-state index in [1.54, 1.807) is 0 Å². The Morgan fingerprint density at radius 1 is 1.39 bits per heavy atom. The van der Waals surface area contributed by atoms with Gasteiger partial charge in [0.1, 0.15) is 5.75 Å². The van der Waals surface area contributed by atoms with Gasteiger partial charge >= 0.3 is 5.97 Å². The Morgan fingerprint density at radius 3 is 2.50 bits per heavy atom. The zero-order valence-corrected chi connectivity index (χ0v) is 10.6. The van der Waals surface area contributed by atoms with Crippen molar-refractivity contribution in [1.29, 1.82) is 0 Å². The molecule has 1 aliphatic carbocycles. The summed E-state index contributed by atoms with van der Waals surface area (Å²) >= 11 is 0. The normalized spacial score (nSPS) is 16.2. The summed E-state index contributed by atoms with van der Waals surface area (Å²) in [6.07, 6.45) is 4.72. The fraction of sp³-hybridized carbons (Fsp3) is 0.400. The quantitative estimate of drug-likeness (QED) is 0.810. The molecule has 0 unspecified atom stereocenters. The Morgan fingerprint density at radius 2 is 2.06 bits per heavy atom. The second-order valence-corrected chi connectivity index (χ2v) is 4.52. The number of carboxylic acid groups (broad SMARTS) is 1. The number of carboxylic acids is 1. The van der Waals surface area contributed by atoms with Crippen molar-refractivity contribution in [3.8, 4) is 5.75 Å². The molecule has 0 bridgehead atoms. The number of carbonyl (C=O) groups is 1. The van der Waals surface area contributed by atoms with E-state index in [4.69, 9.17) is 9.84 Å². The number of benzene rings is 1. The molecule has 0 aliphatic heterocycles. The van der Waals surface area contributed by atoms with Crippen molar-refractivity contribution in [1.82, 2.24) is 0 Å². The molecule has 0 spiro atoms. The molecule has 96 valence electrons. The molecule has 0 heterocycles. The van der Waals surface area contributed by atoms with Gasteiger partial charge in [-0.05, 0) is 49.0 Å². The molecule has 3 nitrogen and oxygen atoms in total. The van der Waals surface area contributed by atoms with E-state index in [0.717, 1.165) is 29.7 Å². The van der Waals surface area contributed by atoms with E-state index in [1.807, 2.05) is 31.2 Å². The SMILES string of the molecule is CCOc1ccc(/C(=C/C(=O)O)C2CCC2)cc1. The summed E-state index contributed by atoms with van der Waals surface area (Å²) in [5.41, 5.74) is 1.93. The zero-order valence-electron chi connectivity index (χ0n) is 10.6. The van der Waals surface area contributed by atoms with E-state index >= 15 is 0 Å². The van der Waals surface area contributed by atoms with Crippen LogP contribution in [0.5, 0.6) is 5.75 Å². The van der Waals surface area contributed by atoms with Crippen molar-refractivity contribution in [3.63, 3.8) is 0 Å². The van der Waals surface area contributed by atoms with Gasteiger partial charge in [-0.2, -0.15) is 0 Å². The summed E-state index contributed by atoms with van der Waals surface area (Å²) in [7, 11) is 0. The zero-order chi connectivity index (χ0) is 13.0. The molecule has 1 aromatic carbocycles. The van der Waals surface area contributed by atoms with E-state index in [0.29, 0.717) is 12.5 Å². The van der Waals surface area contributed by atoms with Gasteiger partial charge in [0.15, 0.2) is 0 Å². The molecular weight excluding hydrogens is 228 g/mol. The fourth-order valence-electron chi connectivity index (χ4n) is 2.20. The number of aliphatic carboxylic acids is 1. The highest BCUT2D eigenvalue weighted by Gasteiger charge is 2.23. The van der Waals surface area contributed by atoms with Gasteiger partial charge in [-0.15, -0.1) is 0 Å². The smallest absolute Gasteiger partial charge is 0.328 e. The Balaban J connectivity index is 2.22. The minimum absolute atomic E-state index is 0.402. The molecule has 1 saturated carbocycles. The predicted octanol–water partition coefficient (Wildman–Crippen LogP) is 3.35. The number of hydrogen-bond acceptors (Lipinski definition) is 2. The Labute approximate surface area is 107 Å². The van der Waals surface area contributed by atoms with E-state index in [2.05, 4.69) is 0 Å². The maximum Gasteiger partial charge on any atom is 0.328 e. The van der Waals surface area contributed by atoms with Crippen molar-refractivity contribution in [2.24, 2.45) is 5.92 Å². The van der Waals surface area contributed by atoms with Gasteiger partial charge in [-0.1, -0.05) is 18.6 Å². The van der Waals surface area contributed by atoms with Crippen LogP contribution in [-0.4, -0.2) is 17.7 Å². The van der Waals surface area contributed by atoms with Crippen LogP contribution in [0.15, 0.2) is 30.3 Å². The van der Waals surface area contributed by atoms with Crippen LogP contribution in [0.25, 0.3) is 5.57 Å². The molecule has 3 heteroatoms. The molecule has 18 heavy (non-hydrogen) atoms. The van der Waals surface area contributed by atoms with Crippen LogP contribution < -0.4 is 4.74 Å². The molecule has 1 N–H and O–H groups in total. The minimum atomic E-state index is -0.870. The number of allylic oxidation sites excluding steroid dienone is 1. The van der Waals surface area contributed by atoms with E-state index in [-0.39, 0.29) is 0 Å². The van der Waals surface area contributed by atoms with Gasteiger partial charge in [0, 0.05) is 6.08 Å². The van der Waals surface area contributed by atoms with Crippen molar-refractivity contribution >= 4 is 11.5 Å². The molecule has 2 rings (SSSR count). The first-order chi connectivity index (χ1) is 8.70. The Hall–Kier alpha value is -1.77. The van der Waals surface area contributed by atoms with Crippen LogP contribution in [0.2, 0.25) is 0 Å². The Bertz CT molecular complexity index is 441. The van der Waals surface area contributed by atoms with E-state index < -0.39 is 5.97 Å². The highest BCUT2D eigenvalue weighted by Crippen LogP contribution is 2.38. The average molecular weight is 246 g/mol. The fourth-order valence-corrected chi connectivity index (χ4v) is 2.20. The van der Waals surface area contributed by atoms with E-state index in [9.17, 15) is 4.79 Å². The lowest BCUT2D eigenvalue weighted by atomic mass is 9.77. The number of rotatable bonds is 5. The Kier molecular flexibility index (Phi) is 4.03. The predicted molar refractivity (Wildman–Crippen MR) is 70.6 cm³/mol. The standard InChI is InChI=1S/C15H18O3/c1-2-18-13-8-6-12(7-9-13)14(10-15(16)17)11-4-3-5-11/h6-11H,2-5H2,1H3,(H,16,17)/b14-10+. The van der Waals surface area contributed by atoms with Crippen molar-refractivity contribution in [2.75, 3.05) is 6.61 Å². The monoisotopic (exact) mass is 246 g/mol. The summed E-state index contributed by atoms with van der Waals surface area (Å²) < 4.78 is 5.39. The van der Waals surface area contributed by atoms with Crippen LogP contribution in [0, 0.1) is 5.92 Å². The van der Waals surface area contributed by atoms with Gasteiger partial charge in [0.2, 0.25) is 0 Å². The second-order valence-electron chi connectivity index (χ2n) is 4.52. The van der Waals surface area contributed by atoms with Crippen LogP contribution in [0.1, 0.15) is 31.7 Å². The average Bonchev–Trinajstić information content (AvgIpc) is 2.27. The number of hydrogen-bond donors (Lipinski definition) is 1. The summed E-state index contributed by atoms with van der Waals surface area (Å²) in [6, 6.07) is 7.68. The molecule has 0 saturated heterocycles. The summed E-state index contributed by atoms with van der Waals surface area (Å²) in [5, 5.41) is 8.95. The highest BCUT2D eigenvalue weighted by molar-refractivity contribution is 5.90. The van der Waals surface area contributed by atoms with Crippen LogP contribution in [0.3, 0.4) is 0 Å². The topological polar surface area (TPSA) is 46.5 Å². The maximum atomic E-state index is 10.9. The first-order valence-electron chi connectivity index (χ1n) is 6.38. The largest absolute Gasteiger partial charge is 0.494 e. The lowest BCUT2D eigenvalue weighted by molar-refractivity contribution is -0.131. The first-order valence-corrected chi connectivity index (χ1v) is 6.38. The van der Waals surface area contributed by atoms with E-state index in [1.165, 1.54) is 12.5 Å². The molecule has 1 aromatic rings. The van der Waals surface area contributed by atoms with Crippen LogP contribution >= 0.6 is 0 Å². The third kappa shape index (κ3) is 2.92. The molecule has 0 radical (unpaired) electrons. The van der Waals surface area contributed by atoms with Gasteiger partial charge in [-0.25, -0.2) is 4.79 Å². The molecule has 1 fully saturated rings. The van der Waals surface area contributed by atoms with Crippen LogP contribution in [0.4, 0.5) is 0 Å². The minimum Gasteiger partial charge on any atom is -0.494 e. The molecule has 1 aliphatic rings. The lowest BCUT2D eigenvalue weighted by Gasteiger charge is -2.28. The van der Waals surface area contributed by atoms with Crippen molar-refractivity contribution in [3.05, 3.63) is 35.9 Å². The van der Waals surface area contributed by atoms with Gasteiger partial charge in [-0.3, -0.25) is 0 Å². The van der Waals surface area contributed by atoms with Crippen LogP contribution in [-0.2, 0) is 4.79 Å². The second kappa shape index (κ2) is 5.71. The third-order valence-electron chi connectivity index (χ3n) is 3.32. The molecule has 0 amide bonds. The third-order valence-corrected chi connectivity index (χ3v) is 3.32. The van der Waals surface area contributed by atoms with Gasteiger partial charge in [0.05, 0.1) is 6.61 Å². The van der Waals surface area contributed by atoms with Crippen molar-refractivity contribution in [2.45, 2.75) is 26.2 Å². The highest BCUT2D eigenvalue weighted by atomic mass is 16.5. The molecule has 0 atom stereocenters. The van der Waals surface area contributed by atoms with Gasteiger partial charge in [0.25, 0.3) is 0 Å². The summed E-state index contributed by atoms with van der Waals surface area (Å²) in [4.78, 5) is 10.9.